The zero-order valence-corrected chi connectivity index (χ0v) is 16.6. The lowest BCUT2D eigenvalue weighted by molar-refractivity contribution is -0.138. The molecule has 1 rings (SSSR count). The number of carbonyl (C=O) groups is 1. The molecule has 0 unspecified atom stereocenters. The van der Waals surface area contributed by atoms with E-state index in [1.807, 2.05) is 12.2 Å². The Morgan fingerprint density at radius 2 is 1.75 bits per heavy atom. The van der Waals surface area contributed by atoms with Crippen molar-refractivity contribution in [2.45, 2.75) is 82.4 Å². The maximum atomic E-state index is 10.6. The van der Waals surface area contributed by atoms with E-state index >= 15 is 0 Å². The van der Waals surface area contributed by atoms with Crippen LogP contribution < -0.4 is 0 Å². The van der Waals surface area contributed by atoms with Crippen molar-refractivity contribution in [2.75, 3.05) is 0 Å². The summed E-state index contributed by atoms with van der Waals surface area (Å²) in [6.07, 6.45) is 15.4. The van der Waals surface area contributed by atoms with Crippen LogP contribution in [0.25, 0.3) is 0 Å². The van der Waals surface area contributed by atoms with E-state index in [1.165, 1.54) is 0 Å². The van der Waals surface area contributed by atoms with Gasteiger partial charge in [0.1, 0.15) is 6.10 Å². The Balaban J connectivity index is 2.29. The third-order valence-corrected chi connectivity index (χ3v) is 4.45. The van der Waals surface area contributed by atoms with E-state index in [-0.39, 0.29) is 19.3 Å². The van der Waals surface area contributed by atoms with Crippen LogP contribution in [0.3, 0.4) is 0 Å². The summed E-state index contributed by atoms with van der Waals surface area (Å²) < 4.78 is 5.59. The van der Waals surface area contributed by atoms with Crippen molar-refractivity contribution in [3.63, 3.8) is 0 Å². The molecular weight excluding hydrogens is 360 g/mol. The second-order valence-electron chi connectivity index (χ2n) is 6.92. The number of hydrogen-bond donors (Lipinski definition) is 4. The predicted octanol–water partition coefficient (Wildman–Crippen LogP) is 2.90. The smallest absolute Gasteiger partial charge is 0.303 e. The maximum absolute atomic E-state index is 10.6. The van der Waals surface area contributed by atoms with Gasteiger partial charge < -0.3 is 25.2 Å². The number of carboxylic acids is 1. The number of hydrogen-bond acceptors (Lipinski definition) is 5. The van der Waals surface area contributed by atoms with Gasteiger partial charge in [-0.05, 0) is 32.1 Å². The molecule has 0 aromatic rings. The largest absolute Gasteiger partial charge is 0.481 e. The van der Waals surface area contributed by atoms with Crippen LogP contribution in [0.1, 0.15) is 51.9 Å². The SMILES string of the molecule is CC/C=C\C/C=C\C/C=C\C[C@H](O)/C=C/[C@@H]1O[C@@H]([C@@H](O)CCC(=O)O)C[C@H]1O. The fraction of sp³-hybridized carbons (Fsp3) is 0.591. The molecule has 0 aromatic carbocycles. The van der Waals surface area contributed by atoms with Gasteiger partial charge in [-0.1, -0.05) is 55.5 Å². The molecule has 0 aliphatic carbocycles. The Kier molecular flexibility index (Phi) is 12.4. The van der Waals surface area contributed by atoms with E-state index in [0.29, 0.717) is 6.42 Å². The molecular formula is C22H34O6. The average molecular weight is 395 g/mol. The second-order valence-corrected chi connectivity index (χ2v) is 6.92. The normalized spacial score (nSPS) is 25.5. The standard InChI is InChI=1S/C22H34O6/c1-2-3-4-5-6-7-8-9-10-11-17(23)12-14-20-19(25)16-21(28-20)18(24)13-15-22(26)27/h3-4,6-7,9-10,12,14,17-21,23-25H,2,5,8,11,13,15-16H2,1H3,(H,26,27)/b4-3-,7-6-,10-9-,14-12+/t17-,18-,19+,20-,21+/m0/s1. The molecule has 1 fully saturated rings. The predicted molar refractivity (Wildman–Crippen MR) is 109 cm³/mol. The van der Waals surface area contributed by atoms with Gasteiger partial charge in [-0.2, -0.15) is 0 Å². The van der Waals surface area contributed by atoms with Gasteiger partial charge in [-0.25, -0.2) is 0 Å². The summed E-state index contributed by atoms with van der Waals surface area (Å²) in [5, 5.41) is 38.7. The third kappa shape index (κ3) is 10.6. The molecule has 1 saturated heterocycles. The zero-order chi connectivity index (χ0) is 20.8. The fourth-order valence-electron chi connectivity index (χ4n) is 2.86. The van der Waals surface area contributed by atoms with Gasteiger partial charge >= 0.3 is 5.97 Å². The van der Waals surface area contributed by atoms with Crippen molar-refractivity contribution >= 4 is 5.97 Å². The first-order chi connectivity index (χ1) is 13.4. The average Bonchev–Trinajstić information content (AvgIpc) is 3.04. The highest BCUT2D eigenvalue weighted by Crippen LogP contribution is 2.25. The van der Waals surface area contributed by atoms with Gasteiger partial charge in [0.15, 0.2) is 0 Å². The molecule has 28 heavy (non-hydrogen) atoms. The number of carboxylic acid groups (broad SMARTS) is 1. The highest BCUT2D eigenvalue weighted by Gasteiger charge is 2.36. The molecule has 5 atom stereocenters. The van der Waals surface area contributed by atoms with E-state index in [4.69, 9.17) is 9.84 Å². The minimum absolute atomic E-state index is 0.0832. The van der Waals surface area contributed by atoms with Gasteiger partial charge in [0, 0.05) is 12.8 Å². The van der Waals surface area contributed by atoms with Crippen molar-refractivity contribution in [1.82, 2.24) is 0 Å². The monoisotopic (exact) mass is 394 g/mol. The maximum Gasteiger partial charge on any atom is 0.303 e. The summed E-state index contributed by atoms with van der Waals surface area (Å²) in [6.45, 7) is 2.10. The van der Waals surface area contributed by atoms with Crippen LogP contribution in [0.15, 0.2) is 48.6 Å². The lowest BCUT2D eigenvalue weighted by atomic mass is 10.0. The van der Waals surface area contributed by atoms with Gasteiger partial charge in [-0.3, -0.25) is 4.79 Å². The van der Waals surface area contributed by atoms with E-state index in [1.54, 1.807) is 12.2 Å². The molecule has 0 bridgehead atoms. The second kappa shape index (κ2) is 14.3. The minimum atomic E-state index is -0.978. The van der Waals surface area contributed by atoms with Crippen molar-refractivity contribution in [3.05, 3.63) is 48.6 Å². The van der Waals surface area contributed by atoms with Gasteiger partial charge in [0.2, 0.25) is 0 Å². The highest BCUT2D eigenvalue weighted by atomic mass is 16.5. The number of rotatable bonds is 13. The van der Waals surface area contributed by atoms with Gasteiger partial charge in [-0.15, -0.1) is 0 Å². The first kappa shape index (κ1) is 24.3. The Hall–Kier alpha value is -1.73. The Morgan fingerprint density at radius 1 is 1.11 bits per heavy atom. The quantitative estimate of drug-likeness (QED) is 0.358. The summed E-state index contributed by atoms with van der Waals surface area (Å²) in [7, 11) is 0. The number of ether oxygens (including phenoxy) is 1. The van der Waals surface area contributed by atoms with Gasteiger partial charge in [0.25, 0.3) is 0 Å². The topological polar surface area (TPSA) is 107 Å². The molecule has 0 spiro atoms. The van der Waals surface area contributed by atoms with E-state index in [2.05, 4.69) is 31.2 Å². The molecule has 1 heterocycles. The van der Waals surface area contributed by atoms with E-state index in [0.717, 1.165) is 19.3 Å². The zero-order valence-electron chi connectivity index (χ0n) is 16.6. The molecule has 1 aliphatic rings. The number of aliphatic hydroxyl groups excluding tert-OH is 3. The molecule has 6 nitrogen and oxygen atoms in total. The number of allylic oxidation sites excluding steroid dienone is 5. The van der Waals surface area contributed by atoms with Crippen molar-refractivity contribution in [1.29, 1.82) is 0 Å². The van der Waals surface area contributed by atoms with E-state index in [9.17, 15) is 20.1 Å². The van der Waals surface area contributed by atoms with Crippen LogP contribution in [0.2, 0.25) is 0 Å². The van der Waals surface area contributed by atoms with Crippen molar-refractivity contribution in [3.8, 4) is 0 Å². The Labute approximate surface area is 167 Å². The molecule has 0 amide bonds. The molecule has 158 valence electrons. The molecule has 4 N–H and O–H groups in total. The van der Waals surface area contributed by atoms with Crippen LogP contribution in [0.4, 0.5) is 0 Å². The third-order valence-electron chi connectivity index (χ3n) is 4.45. The number of aliphatic hydroxyl groups is 3. The lowest BCUT2D eigenvalue weighted by Crippen LogP contribution is -2.26. The van der Waals surface area contributed by atoms with Crippen molar-refractivity contribution < 1.29 is 30.0 Å². The summed E-state index contributed by atoms with van der Waals surface area (Å²) in [5.41, 5.74) is 0. The lowest BCUT2D eigenvalue weighted by Gasteiger charge is -2.17. The van der Waals surface area contributed by atoms with Crippen LogP contribution in [-0.2, 0) is 9.53 Å². The van der Waals surface area contributed by atoms with Crippen molar-refractivity contribution in [2.24, 2.45) is 0 Å². The number of aliphatic carboxylic acids is 1. The Morgan fingerprint density at radius 3 is 2.39 bits per heavy atom. The van der Waals surface area contributed by atoms with Crippen LogP contribution >= 0.6 is 0 Å². The Bertz CT molecular complexity index is 551. The fourth-order valence-corrected chi connectivity index (χ4v) is 2.86. The van der Waals surface area contributed by atoms with Gasteiger partial charge in [0.05, 0.1) is 24.4 Å². The van der Waals surface area contributed by atoms with Crippen LogP contribution in [0.5, 0.6) is 0 Å². The molecule has 0 radical (unpaired) electrons. The molecule has 1 aliphatic heterocycles. The summed E-state index contributed by atoms with van der Waals surface area (Å²) in [5.74, 6) is -0.978. The first-order valence-electron chi connectivity index (χ1n) is 9.98. The molecule has 0 saturated carbocycles. The van der Waals surface area contributed by atoms with Crippen LogP contribution in [0, 0.1) is 0 Å². The summed E-state index contributed by atoms with van der Waals surface area (Å²) in [4.78, 5) is 10.6. The summed E-state index contributed by atoms with van der Waals surface area (Å²) in [6, 6.07) is 0. The molecule has 0 aromatic heterocycles. The highest BCUT2D eigenvalue weighted by molar-refractivity contribution is 5.66. The first-order valence-corrected chi connectivity index (χ1v) is 9.98. The molecule has 6 heteroatoms. The van der Waals surface area contributed by atoms with Crippen LogP contribution in [-0.4, -0.2) is 56.9 Å². The summed E-state index contributed by atoms with van der Waals surface area (Å²) >= 11 is 0. The minimum Gasteiger partial charge on any atom is -0.481 e. The van der Waals surface area contributed by atoms with E-state index < -0.39 is 36.5 Å².